The number of rotatable bonds is 5. The molecule has 1 fully saturated rings. The van der Waals surface area contributed by atoms with E-state index in [0.29, 0.717) is 6.42 Å². The second-order valence-corrected chi connectivity index (χ2v) is 4.24. The summed E-state index contributed by atoms with van der Waals surface area (Å²) in [4.78, 5) is 10.9. The van der Waals surface area contributed by atoms with Crippen LogP contribution in [0.4, 0.5) is 0 Å². The Kier molecular flexibility index (Phi) is 4.18. The van der Waals surface area contributed by atoms with Crippen molar-refractivity contribution in [3.8, 4) is 0 Å². The van der Waals surface area contributed by atoms with Crippen LogP contribution in [0.1, 0.15) is 52.4 Å². The van der Waals surface area contributed by atoms with Gasteiger partial charge in [0.2, 0.25) is 0 Å². The molecule has 80 valence electrons. The molecular formula is C12H20O2. The van der Waals surface area contributed by atoms with Crippen LogP contribution in [0.5, 0.6) is 0 Å². The average Bonchev–Trinajstić information content (AvgIpc) is 2.47. The molecule has 1 unspecified atom stereocenters. The SMILES string of the molecule is CCCCC=CCC1(C)CCC(=O)O1. The Bertz CT molecular complexity index is 220. The van der Waals surface area contributed by atoms with Crippen molar-refractivity contribution in [2.75, 3.05) is 0 Å². The van der Waals surface area contributed by atoms with E-state index in [1.54, 1.807) is 0 Å². The number of allylic oxidation sites excluding steroid dienone is 1. The van der Waals surface area contributed by atoms with E-state index in [-0.39, 0.29) is 11.6 Å². The molecule has 14 heavy (non-hydrogen) atoms. The molecule has 1 rings (SSSR count). The molecule has 1 aliphatic heterocycles. The van der Waals surface area contributed by atoms with Gasteiger partial charge in [-0.05, 0) is 19.8 Å². The molecule has 0 spiro atoms. The lowest BCUT2D eigenvalue weighted by Crippen LogP contribution is -2.22. The highest BCUT2D eigenvalue weighted by Gasteiger charge is 2.34. The quantitative estimate of drug-likeness (QED) is 0.383. The standard InChI is InChI=1S/C12H20O2/c1-3-4-5-6-7-9-12(2)10-8-11(13)14-12/h6-7H,3-5,8-10H2,1-2H3. The van der Waals surface area contributed by atoms with Crippen LogP contribution < -0.4 is 0 Å². The molecule has 0 bridgehead atoms. The Labute approximate surface area is 86.3 Å². The summed E-state index contributed by atoms with van der Waals surface area (Å²) >= 11 is 0. The number of ether oxygens (including phenoxy) is 1. The minimum absolute atomic E-state index is 0.0468. The summed E-state index contributed by atoms with van der Waals surface area (Å²) in [6.07, 6.45) is 10.3. The van der Waals surface area contributed by atoms with Crippen LogP contribution in [0.3, 0.4) is 0 Å². The van der Waals surface area contributed by atoms with Gasteiger partial charge in [0.05, 0.1) is 0 Å². The molecule has 1 heterocycles. The molecule has 0 amide bonds. The van der Waals surface area contributed by atoms with Crippen molar-refractivity contribution >= 4 is 5.97 Å². The first-order valence-electron chi connectivity index (χ1n) is 5.53. The number of cyclic esters (lactones) is 1. The predicted octanol–water partition coefficient (Wildman–Crippen LogP) is 3.22. The monoisotopic (exact) mass is 196 g/mol. The molecule has 0 aromatic rings. The lowest BCUT2D eigenvalue weighted by Gasteiger charge is -2.20. The maximum absolute atomic E-state index is 10.9. The molecule has 2 heteroatoms. The zero-order valence-corrected chi connectivity index (χ0v) is 9.21. The van der Waals surface area contributed by atoms with Crippen molar-refractivity contribution < 1.29 is 9.53 Å². The summed E-state index contributed by atoms with van der Waals surface area (Å²) in [5, 5.41) is 0. The molecule has 0 aromatic heterocycles. The second kappa shape index (κ2) is 5.18. The minimum atomic E-state index is -0.222. The molecule has 1 atom stereocenters. The van der Waals surface area contributed by atoms with E-state index >= 15 is 0 Å². The van der Waals surface area contributed by atoms with Gasteiger partial charge in [-0.1, -0.05) is 31.9 Å². The molecule has 0 N–H and O–H groups in total. The van der Waals surface area contributed by atoms with Gasteiger partial charge >= 0.3 is 5.97 Å². The van der Waals surface area contributed by atoms with Gasteiger partial charge in [0.1, 0.15) is 5.60 Å². The van der Waals surface area contributed by atoms with E-state index < -0.39 is 0 Å². The summed E-state index contributed by atoms with van der Waals surface area (Å²) in [5.74, 6) is -0.0468. The molecule has 0 aromatic carbocycles. The highest BCUT2D eigenvalue weighted by Crippen LogP contribution is 2.29. The van der Waals surface area contributed by atoms with E-state index in [4.69, 9.17) is 4.74 Å². The Balaban J connectivity index is 2.23. The predicted molar refractivity (Wildman–Crippen MR) is 57.0 cm³/mol. The normalized spacial score (nSPS) is 27.1. The van der Waals surface area contributed by atoms with Crippen LogP contribution in [0.2, 0.25) is 0 Å². The first-order valence-corrected chi connectivity index (χ1v) is 5.53. The Morgan fingerprint density at radius 2 is 2.29 bits per heavy atom. The molecule has 0 radical (unpaired) electrons. The fourth-order valence-electron chi connectivity index (χ4n) is 1.66. The number of hydrogen-bond donors (Lipinski definition) is 0. The largest absolute Gasteiger partial charge is 0.459 e. The van der Waals surface area contributed by atoms with Crippen molar-refractivity contribution in [1.29, 1.82) is 0 Å². The first-order chi connectivity index (χ1) is 6.66. The maximum Gasteiger partial charge on any atom is 0.306 e. The number of unbranched alkanes of at least 4 members (excludes halogenated alkanes) is 2. The van der Waals surface area contributed by atoms with E-state index in [2.05, 4.69) is 19.1 Å². The van der Waals surface area contributed by atoms with Crippen molar-refractivity contribution in [3.63, 3.8) is 0 Å². The van der Waals surface area contributed by atoms with Crippen LogP contribution in [0, 0.1) is 0 Å². The third-order valence-corrected chi connectivity index (χ3v) is 2.66. The van der Waals surface area contributed by atoms with Crippen LogP contribution >= 0.6 is 0 Å². The van der Waals surface area contributed by atoms with E-state index in [9.17, 15) is 4.79 Å². The second-order valence-electron chi connectivity index (χ2n) is 4.24. The topological polar surface area (TPSA) is 26.3 Å². The van der Waals surface area contributed by atoms with Gasteiger partial charge in [0.25, 0.3) is 0 Å². The highest BCUT2D eigenvalue weighted by atomic mass is 16.6. The molecule has 0 saturated carbocycles. The Morgan fingerprint density at radius 3 is 2.86 bits per heavy atom. The molecule has 1 aliphatic rings. The molecule has 1 saturated heterocycles. The highest BCUT2D eigenvalue weighted by molar-refractivity contribution is 5.72. The molecule has 0 aliphatic carbocycles. The van der Waals surface area contributed by atoms with Gasteiger partial charge in [-0.2, -0.15) is 0 Å². The summed E-state index contributed by atoms with van der Waals surface area (Å²) in [6.45, 7) is 4.20. The van der Waals surface area contributed by atoms with Gasteiger partial charge in [0.15, 0.2) is 0 Å². The van der Waals surface area contributed by atoms with Gasteiger partial charge in [-0.3, -0.25) is 4.79 Å². The Morgan fingerprint density at radius 1 is 1.50 bits per heavy atom. The number of hydrogen-bond acceptors (Lipinski definition) is 2. The fourth-order valence-corrected chi connectivity index (χ4v) is 1.66. The average molecular weight is 196 g/mol. The third-order valence-electron chi connectivity index (χ3n) is 2.66. The summed E-state index contributed by atoms with van der Waals surface area (Å²) in [6, 6.07) is 0. The maximum atomic E-state index is 10.9. The fraction of sp³-hybridized carbons (Fsp3) is 0.750. The van der Waals surface area contributed by atoms with E-state index in [1.165, 1.54) is 12.8 Å². The lowest BCUT2D eigenvalue weighted by molar-refractivity contribution is -0.146. The summed E-state index contributed by atoms with van der Waals surface area (Å²) < 4.78 is 5.27. The number of carbonyl (C=O) groups is 1. The van der Waals surface area contributed by atoms with Crippen LogP contribution in [-0.2, 0) is 9.53 Å². The van der Waals surface area contributed by atoms with Crippen LogP contribution in [-0.4, -0.2) is 11.6 Å². The van der Waals surface area contributed by atoms with Crippen LogP contribution in [0.25, 0.3) is 0 Å². The van der Waals surface area contributed by atoms with Crippen molar-refractivity contribution in [2.24, 2.45) is 0 Å². The third kappa shape index (κ3) is 3.52. The van der Waals surface area contributed by atoms with E-state index in [0.717, 1.165) is 19.3 Å². The van der Waals surface area contributed by atoms with Crippen molar-refractivity contribution in [3.05, 3.63) is 12.2 Å². The van der Waals surface area contributed by atoms with Gasteiger partial charge < -0.3 is 4.74 Å². The van der Waals surface area contributed by atoms with Crippen LogP contribution in [0.15, 0.2) is 12.2 Å². The zero-order chi connectivity index (χ0) is 10.4. The van der Waals surface area contributed by atoms with Gasteiger partial charge in [-0.15, -0.1) is 0 Å². The van der Waals surface area contributed by atoms with Crippen molar-refractivity contribution in [1.82, 2.24) is 0 Å². The minimum Gasteiger partial charge on any atom is -0.459 e. The molecular weight excluding hydrogens is 176 g/mol. The summed E-state index contributed by atoms with van der Waals surface area (Å²) in [5.41, 5.74) is -0.222. The number of carbonyl (C=O) groups excluding carboxylic acids is 1. The van der Waals surface area contributed by atoms with Crippen molar-refractivity contribution in [2.45, 2.75) is 58.0 Å². The van der Waals surface area contributed by atoms with Gasteiger partial charge in [0, 0.05) is 12.8 Å². The smallest absolute Gasteiger partial charge is 0.306 e. The molecule has 2 nitrogen and oxygen atoms in total. The first kappa shape index (κ1) is 11.3. The Hall–Kier alpha value is -0.790. The number of esters is 1. The van der Waals surface area contributed by atoms with E-state index in [1.807, 2.05) is 6.92 Å². The lowest BCUT2D eigenvalue weighted by atomic mass is 9.98. The zero-order valence-electron chi connectivity index (χ0n) is 9.21. The van der Waals surface area contributed by atoms with Gasteiger partial charge in [-0.25, -0.2) is 0 Å². The summed E-state index contributed by atoms with van der Waals surface area (Å²) in [7, 11) is 0.